The number of carbonyl (C=O) groups excluding carboxylic acids is 1. The third-order valence-electron chi connectivity index (χ3n) is 2.66. The molecule has 1 aliphatic heterocycles. The van der Waals surface area contributed by atoms with Crippen LogP contribution in [0, 0.1) is 0 Å². The van der Waals surface area contributed by atoms with Crippen LogP contribution in [-0.4, -0.2) is 44.3 Å². The van der Waals surface area contributed by atoms with E-state index in [1.54, 1.807) is 0 Å². The predicted molar refractivity (Wildman–Crippen MR) is 70.7 cm³/mol. The van der Waals surface area contributed by atoms with Crippen LogP contribution in [0.5, 0.6) is 11.5 Å². The van der Waals surface area contributed by atoms with Gasteiger partial charge >= 0.3 is 6.03 Å². The number of rotatable bonds is 7. The molecule has 20 heavy (non-hydrogen) atoms. The Bertz CT molecular complexity index is 452. The van der Waals surface area contributed by atoms with E-state index >= 15 is 0 Å². The van der Waals surface area contributed by atoms with Gasteiger partial charge in [-0.15, -0.1) is 0 Å². The van der Waals surface area contributed by atoms with Crippen molar-refractivity contribution in [3.05, 3.63) is 23.8 Å². The Morgan fingerprint density at radius 1 is 1.25 bits per heavy atom. The Morgan fingerprint density at radius 3 is 2.95 bits per heavy atom. The van der Waals surface area contributed by atoms with Gasteiger partial charge in [0.05, 0.1) is 19.8 Å². The number of fused-ring (bicyclic) bond motifs is 1. The van der Waals surface area contributed by atoms with Crippen molar-refractivity contribution in [1.82, 2.24) is 10.6 Å². The minimum atomic E-state index is -0.268. The molecule has 110 valence electrons. The molecule has 1 aromatic rings. The Morgan fingerprint density at radius 2 is 2.10 bits per heavy atom. The predicted octanol–water partition coefficient (Wildman–Crippen LogP) is 0.223. The fourth-order valence-electron chi connectivity index (χ4n) is 1.70. The van der Waals surface area contributed by atoms with Crippen LogP contribution >= 0.6 is 0 Å². The zero-order valence-electron chi connectivity index (χ0n) is 11.1. The summed E-state index contributed by atoms with van der Waals surface area (Å²) in [5.41, 5.74) is 0.931. The van der Waals surface area contributed by atoms with Gasteiger partial charge in [-0.2, -0.15) is 0 Å². The maximum atomic E-state index is 11.5. The molecule has 0 saturated heterocycles. The standard InChI is InChI=1S/C13H18N2O5/c16-4-6-18-5-3-14-13(17)15-8-10-1-2-11-12(7-10)20-9-19-11/h1-2,7,16H,3-6,8-9H2,(H2,14,15,17). The van der Waals surface area contributed by atoms with Crippen molar-refractivity contribution in [2.24, 2.45) is 0 Å². The molecule has 0 unspecified atom stereocenters. The van der Waals surface area contributed by atoms with Crippen molar-refractivity contribution in [1.29, 1.82) is 0 Å². The molecule has 0 fully saturated rings. The molecule has 0 spiro atoms. The van der Waals surface area contributed by atoms with Crippen LogP contribution < -0.4 is 20.1 Å². The highest BCUT2D eigenvalue weighted by Gasteiger charge is 2.13. The first-order valence-corrected chi connectivity index (χ1v) is 6.38. The smallest absolute Gasteiger partial charge is 0.315 e. The Balaban J connectivity index is 1.66. The van der Waals surface area contributed by atoms with Gasteiger partial charge in [0, 0.05) is 13.1 Å². The third kappa shape index (κ3) is 4.29. The van der Waals surface area contributed by atoms with Crippen molar-refractivity contribution in [2.45, 2.75) is 6.54 Å². The average molecular weight is 282 g/mol. The Kier molecular flexibility index (Phi) is 5.45. The number of aliphatic hydroxyl groups excluding tert-OH is 1. The van der Waals surface area contributed by atoms with E-state index < -0.39 is 0 Å². The molecule has 2 amide bonds. The van der Waals surface area contributed by atoms with Crippen LogP contribution in [0.4, 0.5) is 4.79 Å². The minimum absolute atomic E-state index is 0.0175. The first-order valence-electron chi connectivity index (χ1n) is 6.38. The lowest BCUT2D eigenvalue weighted by atomic mass is 10.2. The van der Waals surface area contributed by atoms with E-state index in [0.29, 0.717) is 25.4 Å². The van der Waals surface area contributed by atoms with Gasteiger partial charge in [-0.05, 0) is 17.7 Å². The second-order valence-electron chi connectivity index (χ2n) is 4.13. The van der Waals surface area contributed by atoms with E-state index in [2.05, 4.69) is 10.6 Å². The number of aliphatic hydroxyl groups is 1. The minimum Gasteiger partial charge on any atom is -0.454 e. The van der Waals surface area contributed by atoms with Crippen molar-refractivity contribution in [2.75, 3.05) is 33.2 Å². The number of carbonyl (C=O) groups is 1. The van der Waals surface area contributed by atoms with E-state index in [4.69, 9.17) is 19.3 Å². The highest BCUT2D eigenvalue weighted by atomic mass is 16.7. The second-order valence-corrected chi connectivity index (χ2v) is 4.13. The Labute approximate surface area is 116 Å². The number of nitrogens with one attached hydrogen (secondary N) is 2. The summed E-state index contributed by atoms with van der Waals surface area (Å²) in [5.74, 6) is 1.42. The van der Waals surface area contributed by atoms with Gasteiger partial charge in [0.15, 0.2) is 11.5 Å². The maximum Gasteiger partial charge on any atom is 0.315 e. The van der Waals surface area contributed by atoms with E-state index in [9.17, 15) is 4.79 Å². The molecule has 1 heterocycles. The van der Waals surface area contributed by atoms with Crippen LogP contribution in [0.3, 0.4) is 0 Å². The first-order chi connectivity index (χ1) is 9.79. The molecule has 0 bridgehead atoms. The summed E-state index contributed by atoms with van der Waals surface area (Å²) >= 11 is 0. The molecule has 2 rings (SSSR count). The molecule has 1 aromatic carbocycles. The number of urea groups is 1. The van der Waals surface area contributed by atoms with E-state index in [1.165, 1.54) is 0 Å². The molecule has 1 aliphatic rings. The van der Waals surface area contributed by atoms with Crippen molar-refractivity contribution < 1.29 is 24.1 Å². The van der Waals surface area contributed by atoms with Crippen LogP contribution in [0.2, 0.25) is 0 Å². The lowest BCUT2D eigenvalue weighted by Crippen LogP contribution is -2.37. The SMILES string of the molecule is O=C(NCCOCCO)NCc1ccc2c(c1)OCO2. The highest BCUT2D eigenvalue weighted by molar-refractivity contribution is 5.73. The monoisotopic (exact) mass is 282 g/mol. The lowest BCUT2D eigenvalue weighted by molar-refractivity contribution is 0.0947. The number of benzene rings is 1. The van der Waals surface area contributed by atoms with Crippen LogP contribution in [-0.2, 0) is 11.3 Å². The van der Waals surface area contributed by atoms with Gasteiger partial charge in [0.1, 0.15) is 0 Å². The summed E-state index contributed by atoms with van der Waals surface area (Å²) in [4.78, 5) is 11.5. The molecule has 0 radical (unpaired) electrons. The molecule has 0 saturated carbocycles. The molecular formula is C13H18N2O5. The number of amides is 2. The second kappa shape index (κ2) is 7.56. The molecule has 0 aliphatic carbocycles. The van der Waals surface area contributed by atoms with Gasteiger partial charge in [0.2, 0.25) is 6.79 Å². The van der Waals surface area contributed by atoms with E-state index in [0.717, 1.165) is 11.3 Å². The fraction of sp³-hybridized carbons (Fsp3) is 0.462. The maximum absolute atomic E-state index is 11.5. The number of hydrogen-bond donors (Lipinski definition) is 3. The zero-order valence-corrected chi connectivity index (χ0v) is 11.1. The van der Waals surface area contributed by atoms with Crippen molar-refractivity contribution >= 4 is 6.03 Å². The third-order valence-corrected chi connectivity index (χ3v) is 2.66. The summed E-state index contributed by atoms with van der Waals surface area (Å²) in [6.07, 6.45) is 0. The van der Waals surface area contributed by atoms with Gasteiger partial charge in [-0.25, -0.2) is 4.79 Å². The largest absolute Gasteiger partial charge is 0.454 e. The topological polar surface area (TPSA) is 89.1 Å². The van der Waals surface area contributed by atoms with Gasteiger partial charge < -0.3 is 30.0 Å². The van der Waals surface area contributed by atoms with Gasteiger partial charge in [-0.1, -0.05) is 6.07 Å². The van der Waals surface area contributed by atoms with E-state index in [-0.39, 0.29) is 26.0 Å². The lowest BCUT2D eigenvalue weighted by Gasteiger charge is -2.08. The molecule has 0 aromatic heterocycles. The summed E-state index contributed by atoms with van der Waals surface area (Å²) in [6, 6.07) is 5.26. The number of ether oxygens (including phenoxy) is 3. The normalized spacial score (nSPS) is 12.2. The zero-order chi connectivity index (χ0) is 14.2. The number of hydrogen-bond acceptors (Lipinski definition) is 5. The van der Waals surface area contributed by atoms with Gasteiger partial charge in [-0.3, -0.25) is 0 Å². The summed E-state index contributed by atoms with van der Waals surface area (Å²) in [6.45, 7) is 1.67. The summed E-state index contributed by atoms with van der Waals surface area (Å²) in [5, 5.41) is 13.9. The Hall–Kier alpha value is -1.99. The highest BCUT2D eigenvalue weighted by Crippen LogP contribution is 2.32. The molecule has 3 N–H and O–H groups in total. The average Bonchev–Trinajstić information content (AvgIpc) is 2.92. The van der Waals surface area contributed by atoms with Crippen LogP contribution in [0.15, 0.2) is 18.2 Å². The molecule has 0 atom stereocenters. The van der Waals surface area contributed by atoms with E-state index in [1.807, 2.05) is 18.2 Å². The van der Waals surface area contributed by atoms with Crippen LogP contribution in [0.25, 0.3) is 0 Å². The summed E-state index contributed by atoms with van der Waals surface area (Å²) in [7, 11) is 0. The van der Waals surface area contributed by atoms with Crippen molar-refractivity contribution in [3.8, 4) is 11.5 Å². The molecular weight excluding hydrogens is 264 g/mol. The summed E-state index contributed by atoms with van der Waals surface area (Å²) < 4.78 is 15.5. The van der Waals surface area contributed by atoms with Gasteiger partial charge in [0.25, 0.3) is 0 Å². The molecule has 7 nitrogen and oxygen atoms in total. The van der Waals surface area contributed by atoms with Crippen molar-refractivity contribution in [3.63, 3.8) is 0 Å². The van der Waals surface area contributed by atoms with Crippen LogP contribution in [0.1, 0.15) is 5.56 Å². The fourth-order valence-corrected chi connectivity index (χ4v) is 1.70. The first kappa shape index (κ1) is 14.4. The molecule has 7 heteroatoms. The quantitative estimate of drug-likeness (QED) is 0.623.